The molecule has 1 saturated heterocycles. The van der Waals surface area contributed by atoms with Gasteiger partial charge in [0.05, 0.1) is 17.9 Å². The number of carboxylic acid groups (broad SMARTS) is 1. The Balaban J connectivity index is 1.44. The summed E-state index contributed by atoms with van der Waals surface area (Å²) < 4.78 is 5.53. The Bertz CT molecular complexity index is 1040. The molecule has 2 aliphatic rings. The molecule has 0 bridgehead atoms. The van der Waals surface area contributed by atoms with Gasteiger partial charge < -0.3 is 20.5 Å². The maximum Gasteiger partial charge on any atom is 0.335 e. The van der Waals surface area contributed by atoms with Gasteiger partial charge in [0, 0.05) is 16.9 Å². The minimum atomic E-state index is -1.05. The van der Waals surface area contributed by atoms with E-state index in [1.165, 1.54) is 24.3 Å². The van der Waals surface area contributed by atoms with Crippen LogP contribution < -0.4 is 10.6 Å². The fraction of sp³-hybridized carbons (Fsp3) is 0.304. The van der Waals surface area contributed by atoms with Gasteiger partial charge in [-0.05, 0) is 68.1 Å². The molecule has 1 atom stereocenters. The Morgan fingerprint density at radius 2 is 1.65 bits per heavy atom. The van der Waals surface area contributed by atoms with Gasteiger partial charge >= 0.3 is 11.9 Å². The lowest BCUT2D eigenvalue weighted by atomic mass is 9.85. The predicted octanol–water partition coefficient (Wildman–Crippen LogP) is 3.45. The zero-order chi connectivity index (χ0) is 22.0. The van der Waals surface area contributed by atoms with Gasteiger partial charge in [0.25, 0.3) is 5.91 Å². The van der Waals surface area contributed by atoms with Crippen LogP contribution in [0.3, 0.4) is 0 Å². The van der Waals surface area contributed by atoms with Crippen molar-refractivity contribution in [2.75, 3.05) is 10.6 Å². The third-order valence-corrected chi connectivity index (χ3v) is 5.87. The number of rotatable bonds is 5. The van der Waals surface area contributed by atoms with Crippen LogP contribution in [-0.2, 0) is 14.3 Å². The van der Waals surface area contributed by atoms with Crippen LogP contribution in [0.2, 0.25) is 0 Å². The predicted molar refractivity (Wildman–Crippen MR) is 112 cm³/mol. The molecular formula is C23H22N2O6. The van der Waals surface area contributed by atoms with Crippen molar-refractivity contribution in [1.82, 2.24) is 0 Å². The van der Waals surface area contributed by atoms with Gasteiger partial charge in [-0.25, -0.2) is 4.79 Å². The molecule has 2 aromatic carbocycles. The van der Waals surface area contributed by atoms with E-state index >= 15 is 0 Å². The van der Waals surface area contributed by atoms with Crippen LogP contribution in [0.5, 0.6) is 0 Å². The summed E-state index contributed by atoms with van der Waals surface area (Å²) in [6, 6.07) is 12.3. The second-order valence-corrected chi connectivity index (χ2v) is 7.91. The first-order chi connectivity index (χ1) is 14.9. The van der Waals surface area contributed by atoms with Crippen LogP contribution in [0.25, 0.3) is 0 Å². The fourth-order valence-electron chi connectivity index (χ4n) is 4.31. The minimum Gasteiger partial charge on any atom is -0.478 e. The van der Waals surface area contributed by atoms with Crippen molar-refractivity contribution in [3.05, 3.63) is 59.7 Å². The first-order valence-corrected chi connectivity index (χ1v) is 10.1. The monoisotopic (exact) mass is 422 g/mol. The molecule has 8 nitrogen and oxygen atoms in total. The molecule has 160 valence electrons. The number of carbonyl (C=O) groups excluding carboxylic acids is 3. The van der Waals surface area contributed by atoms with Crippen molar-refractivity contribution in [2.24, 2.45) is 5.92 Å². The molecule has 31 heavy (non-hydrogen) atoms. The SMILES string of the molecule is O=C1C[C@H](C(=O)Nc2cccc(C(=O)Nc3ccc(C(=O)O)cc3)c2)C2(CCCC2)O1. The Hall–Kier alpha value is -3.68. The molecule has 1 saturated carbocycles. The highest BCUT2D eigenvalue weighted by atomic mass is 16.6. The van der Waals surface area contributed by atoms with Crippen molar-refractivity contribution in [1.29, 1.82) is 0 Å². The molecule has 0 radical (unpaired) electrons. The quantitative estimate of drug-likeness (QED) is 0.635. The lowest BCUT2D eigenvalue weighted by molar-refractivity contribution is -0.149. The van der Waals surface area contributed by atoms with Gasteiger partial charge in [0.2, 0.25) is 5.91 Å². The molecule has 1 aliphatic heterocycles. The average molecular weight is 422 g/mol. The van der Waals surface area contributed by atoms with Crippen LogP contribution in [0.15, 0.2) is 48.5 Å². The molecule has 1 spiro atoms. The summed E-state index contributed by atoms with van der Waals surface area (Å²) in [5.41, 5.74) is 0.658. The van der Waals surface area contributed by atoms with Gasteiger partial charge in [-0.15, -0.1) is 0 Å². The third kappa shape index (κ3) is 4.28. The number of aromatic carboxylic acids is 1. The lowest BCUT2D eigenvalue weighted by Crippen LogP contribution is -2.39. The molecule has 8 heteroatoms. The van der Waals surface area contributed by atoms with Crippen molar-refractivity contribution in [3.8, 4) is 0 Å². The Morgan fingerprint density at radius 1 is 0.935 bits per heavy atom. The molecular weight excluding hydrogens is 400 g/mol. The highest BCUT2D eigenvalue weighted by Crippen LogP contribution is 2.45. The van der Waals surface area contributed by atoms with Gasteiger partial charge in [-0.2, -0.15) is 0 Å². The summed E-state index contributed by atoms with van der Waals surface area (Å²) in [6.45, 7) is 0. The number of carboxylic acids is 1. The van der Waals surface area contributed by atoms with Crippen LogP contribution in [0, 0.1) is 5.92 Å². The zero-order valence-electron chi connectivity index (χ0n) is 16.7. The van der Waals surface area contributed by atoms with Crippen molar-refractivity contribution < 1.29 is 29.0 Å². The van der Waals surface area contributed by atoms with Crippen molar-refractivity contribution in [3.63, 3.8) is 0 Å². The van der Waals surface area contributed by atoms with E-state index in [0.717, 1.165) is 12.8 Å². The average Bonchev–Trinajstić information content (AvgIpc) is 3.34. The Labute approximate surface area is 178 Å². The molecule has 0 unspecified atom stereocenters. The third-order valence-electron chi connectivity index (χ3n) is 5.87. The lowest BCUT2D eigenvalue weighted by Gasteiger charge is -2.27. The summed E-state index contributed by atoms with van der Waals surface area (Å²) in [7, 11) is 0. The Kier molecular flexibility index (Phi) is 5.46. The molecule has 4 rings (SSSR count). The van der Waals surface area contributed by atoms with Crippen molar-refractivity contribution >= 4 is 35.1 Å². The number of hydrogen-bond donors (Lipinski definition) is 3. The van der Waals surface area contributed by atoms with Crippen LogP contribution in [0.4, 0.5) is 11.4 Å². The van der Waals surface area contributed by atoms with E-state index in [0.29, 0.717) is 29.8 Å². The first-order valence-electron chi connectivity index (χ1n) is 10.1. The van der Waals surface area contributed by atoms with Crippen LogP contribution in [0.1, 0.15) is 52.8 Å². The van der Waals surface area contributed by atoms with Crippen LogP contribution in [-0.4, -0.2) is 34.5 Å². The van der Waals surface area contributed by atoms with E-state index in [1.807, 2.05) is 0 Å². The number of hydrogen-bond acceptors (Lipinski definition) is 5. The number of nitrogens with one attached hydrogen (secondary N) is 2. The normalized spacial score (nSPS) is 19.1. The number of esters is 1. The molecule has 2 fully saturated rings. The number of amides is 2. The van der Waals surface area contributed by atoms with E-state index in [1.54, 1.807) is 24.3 Å². The van der Waals surface area contributed by atoms with E-state index in [-0.39, 0.29) is 23.9 Å². The van der Waals surface area contributed by atoms with E-state index < -0.39 is 23.4 Å². The minimum absolute atomic E-state index is 0.0678. The second-order valence-electron chi connectivity index (χ2n) is 7.91. The smallest absolute Gasteiger partial charge is 0.335 e. The summed E-state index contributed by atoms with van der Waals surface area (Å²) in [5.74, 6) is -2.60. The van der Waals surface area contributed by atoms with E-state index in [4.69, 9.17) is 9.84 Å². The molecule has 2 amide bonds. The van der Waals surface area contributed by atoms with Crippen LogP contribution >= 0.6 is 0 Å². The highest BCUT2D eigenvalue weighted by molar-refractivity contribution is 6.06. The summed E-state index contributed by atoms with van der Waals surface area (Å²) >= 11 is 0. The summed E-state index contributed by atoms with van der Waals surface area (Å²) in [6.07, 6.45) is 3.32. The topological polar surface area (TPSA) is 122 Å². The zero-order valence-corrected chi connectivity index (χ0v) is 16.7. The number of benzene rings is 2. The van der Waals surface area contributed by atoms with Gasteiger partial charge in [-0.3, -0.25) is 14.4 Å². The number of anilines is 2. The van der Waals surface area contributed by atoms with E-state index in [9.17, 15) is 19.2 Å². The van der Waals surface area contributed by atoms with E-state index in [2.05, 4.69) is 10.6 Å². The standard InChI is InChI=1S/C23H22N2O6/c26-19-13-18(23(31-19)10-1-2-11-23)21(28)25-17-5-3-4-15(12-17)20(27)24-16-8-6-14(7-9-16)22(29)30/h3-9,12,18H,1-2,10-11,13H2,(H,24,27)(H,25,28)(H,29,30)/t18-/m1/s1. The molecule has 0 aromatic heterocycles. The van der Waals surface area contributed by atoms with Crippen molar-refractivity contribution in [2.45, 2.75) is 37.7 Å². The fourth-order valence-corrected chi connectivity index (χ4v) is 4.31. The second kappa shape index (κ2) is 8.22. The van der Waals surface area contributed by atoms with Gasteiger partial charge in [0.15, 0.2) is 0 Å². The summed E-state index contributed by atoms with van der Waals surface area (Å²) in [5, 5.41) is 14.5. The molecule has 2 aromatic rings. The molecule has 1 aliphatic carbocycles. The Morgan fingerprint density at radius 3 is 2.32 bits per heavy atom. The molecule has 3 N–H and O–H groups in total. The van der Waals surface area contributed by atoms with Gasteiger partial charge in [-0.1, -0.05) is 6.07 Å². The first kappa shape index (κ1) is 20.6. The largest absolute Gasteiger partial charge is 0.478 e. The highest BCUT2D eigenvalue weighted by Gasteiger charge is 2.53. The summed E-state index contributed by atoms with van der Waals surface area (Å²) in [4.78, 5) is 48.2. The number of ether oxygens (including phenoxy) is 1. The number of carbonyl (C=O) groups is 4. The van der Waals surface area contributed by atoms with Gasteiger partial charge in [0.1, 0.15) is 5.60 Å². The maximum atomic E-state index is 12.9. The maximum absolute atomic E-state index is 12.9. The molecule has 1 heterocycles.